The highest BCUT2D eigenvalue weighted by Gasteiger charge is 2.61. The van der Waals surface area contributed by atoms with Gasteiger partial charge < -0.3 is 14.8 Å². The molecular formula is C26H35ClN4O6S. The van der Waals surface area contributed by atoms with Crippen LogP contribution < -0.4 is 5.32 Å². The maximum Gasteiger partial charge on any atom is 0.412 e. The second kappa shape index (κ2) is 9.83. The van der Waals surface area contributed by atoms with Crippen LogP contribution in [0.2, 0.25) is 5.02 Å². The molecule has 0 radical (unpaired) electrons. The number of nitrogens with zero attached hydrogens (tertiary/aromatic N) is 3. The molecule has 5 aliphatic rings. The standard InChI is InChI=1S/C26H35ClN4O6S/c1-2-28-24(32)30-19-7-10-23(30)29(14-19)25(33)37-26(11-12-26)22-16-36-15-20(13-17-3-4-17)31(22)38(34,35)21-8-5-18(27)6-9-21/h5-6,8-9,17,19-20,22-23H,2-4,7,10-16H2,1H3,(H,28,32)/t19?,20-,22-,23?/m1/s1. The van der Waals surface area contributed by atoms with Gasteiger partial charge in [-0.3, -0.25) is 9.80 Å². The zero-order chi connectivity index (χ0) is 26.7. The first-order valence-corrected chi connectivity index (χ1v) is 15.5. The molecule has 3 heterocycles. The number of hydrogen-bond donors (Lipinski definition) is 1. The number of halogens is 1. The lowest BCUT2D eigenvalue weighted by molar-refractivity contribution is -0.0749. The number of likely N-dealkylation sites (tertiary alicyclic amines) is 1. The zero-order valence-corrected chi connectivity index (χ0v) is 23.1. The number of amides is 3. The molecule has 2 unspecified atom stereocenters. The number of benzene rings is 1. The first-order chi connectivity index (χ1) is 18.2. The first-order valence-electron chi connectivity index (χ1n) is 13.7. The van der Waals surface area contributed by atoms with Crippen molar-refractivity contribution in [1.29, 1.82) is 0 Å². The number of sulfonamides is 1. The van der Waals surface area contributed by atoms with Gasteiger partial charge in [-0.2, -0.15) is 4.31 Å². The summed E-state index contributed by atoms with van der Waals surface area (Å²) < 4.78 is 41.8. The molecule has 4 atom stereocenters. The van der Waals surface area contributed by atoms with Gasteiger partial charge in [0.1, 0.15) is 11.8 Å². The molecule has 1 N–H and O–H groups in total. The molecule has 0 aromatic heterocycles. The second-order valence-corrected chi connectivity index (χ2v) is 13.5. The number of nitrogens with one attached hydrogen (secondary N) is 1. The SMILES string of the molecule is CCNC(=O)N1C2CCC1N(C(=O)OC1([C@H]3COC[C@@H](CC4CC4)N3S(=O)(=O)c3ccc(Cl)cc3)CC1)C2. The predicted molar refractivity (Wildman–Crippen MR) is 139 cm³/mol. The maximum absolute atomic E-state index is 14.0. The molecule has 2 saturated carbocycles. The molecule has 2 bridgehead atoms. The average Bonchev–Trinajstić information content (AvgIpc) is 3.81. The Morgan fingerprint density at radius 2 is 1.87 bits per heavy atom. The fraction of sp³-hybridized carbons (Fsp3) is 0.692. The molecule has 38 heavy (non-hydrogen) atoms. The summed E-state index contributed by atoms with van der Waals surface area (Å²) in [6.45, 7) is 3.30. The summed E-state index contributed by atoms with van der Waals surface area (Å²) in [5.41, 5.74) is -0.947. The Labute approximate surface area is 228 Å². The third-order valence-electron chi connectivity index (χ3n) is 8.62. The van der Waals surface area contributed by atoms with Gasteiger partial charge >= 0.3 is 12.1 Å². The molecule has 208 valence electrons. The Hall–Kier alpha value is -2.08. The van der Waals surface area contributed by atoms with Crippen molar-refractivity contribution < 1.29 is 27.5 Å². The van der Waals surface area contributed by atoms with E-state index in [-0.39, 0.29) is 35.8 Å². The average molecular weight is 567 g/mol. The van der Waals surface area contributed by atoms with E-state index in [0.29, 0.717) is 49.9 Å². The number of ether oxygens (including phenoxy) is 2. The molecule has 1 aromatic carbocycles. The summed E-state index contributed by atoms with van der Waals surface area (Å²) in [5, 5.41) is 3.30. The monoisotopic (exact) mass is 566 g/mol. The third kappa shape index (κ3) is 4.65. The van der Waals surface area contributed by atoms with Gasteiger partial charge in [-0.1, -0.05) is 24.4 Å². The van der Waals surface area contributed by atoms with E-state index in [0.717, 1.165) is 25.7 Å². The number of hydrogen-bond acceptors (Lipinski definition) is 6. The number of fused-ring (bicyclic) bond motifs is 2. The Bertz CT molecular complexity index is 1190. The topological polar surface area (TPSA) is 108 Å². The number of urea groups is 1. The van der Waals surface area contributed by atoms with Crippen LogP contribution in [-0.2, 0) is 19.5 Å². The van der Waals surface area contributed by atoms with Crippen LogP contribution in [0.4, 0.5) is 9.59 Å². The van der Waals surface area contributed by atoms with Gasteiger partial charge in [-0.05, 0) is 69.2 Å². The Morgan fingerprint density at radius 3 is 2.53 bits per heavy atom. The van der Waals surface area contributed by atoms with E-state index < -0.39 is 27.8 Å². The summed E-state index contributed by atoms with van der Waals surface area (Å²) in [6, 6.07) is 5.07. The van der Waals surface area contributed by atoms with Crippen LogP contribution in [0.15, 0.2) is 29.2 Å². The van der Waals surface area contributed by atoms with Crippen molar-refractivity contribution in [2.45, 2.75) is 86.7 Å². The number of carbonyl (C=O) groups excluding carboxylic acids is 2. The first kappa shape index (κ1) is 26.2. The lowest BCUT2D eigenvalue weighted by atomic mass is 10.0. The van der Waals surface area contributed by atoms with Crippen LogP contribution >= 0.6 is 11.6 Å². The number of morpholine rings is 1. The van der Waals surface area contributed by atoms with E-state index in [1.807, 2.05) is 6.92 Å². The zero-order valence-electron chi connectivity index (χ0n) is 21.6. The van der Waals surface area contributed by atoms with Crippen LogP contribution in [0.5, 0.6) is 0 Å². The molecule has 1 aromatic rings. The predicted octanol–water partition coefficient (Wildman–Crippen LogP) is 3.40. The molecule has 12 heteroatoms. The highest BCUT2D eigenvalue weighted by Crippen LogP contribution is 2.50. The summed E-state index contributed by atoms with van der Waals surface area (Å²) in [5.74, 6) is 0.489. The van der Waals surface area contributed by atoms with Gasteiger partial charge in [0.25, 0.3) is 0 Å². The minimum Gasteiger partial charge on any atom is -0.441 e. The van der Waals surface area contributed by atoms with E-state index in [2.05, 4.69) is 5.32 Å². The largest absolute Gasteiger partial charge is 0.441 e. The minimum absolute atomic E-state index is 0.0306. The Balaban J connectivity index is 1.25. The fourth-order valence-electron chi connectivity index (χ4n) is 6.40. The van der Waals surface area contributed by atoms with E-state index in [1.165, 1.54) is 12.1 Å². The van der Waals surface area contributed by atoms with Gasteiger partial charge in [-0.25, -0.2) is 18.0 Å². The quantitative estimate of drug-likeness (QED) is 0.542. The van der Waals surface area contributed by atoms with Gasteiger partial charge in [0.2, 0.25) is 10.0 Å². The molecule has 6 rings (SSSR count). The van der Waals surface area contributed by atoms with Crippen molar-refractivity contribution >= 4 is 33.7 Å². The summed E-state index contributed by atoms with van der Waals surface area (Å²) in [4.78, 5) is 29.7. The van der Waals surface area contributed by atoms with Crippen molar-refractivity contribution in [3.05, 3.63) is 29.3 Å². The van der Waals surface area contributed by atoms with Gasteiger partial charge in [0, 0.05) is 24.2 Å². The fourth-order valence-corrected chi connectivity index (χ4v) is 8.38. The van der Waals surface area contributed by atoms with E-state index in [9.17, 15) is 18.0 Å². The normalized spacial score (nSPS) is 30.4. The van der Waals surface area contributed by atoms with E-state index in [4.69, 9.17) is 21.1 Å². The highest BCUT2D eigenvalue weighted by atomic mass is 35.5. The lowest BCUT2D eigenvalue weighted by Gasteiger charge is -2.44. The van der Waals surface area contributed by atoms with Crippen LogP contribution in [0, 0.1) is 5.92 Å². The number of piperidine rings is 1. The van der Waals surface area contributed by atoms with E-state index in [1.54, 1.807) is 26.2 Å². The molecule has 10 nitrogen and oxygen atoms in total. The van der Waals surface area contributed by atoms with Crippen LogP contribution in [0.25, 0.3) is 0 Å². The maximum atomic E-state index is 14.0. The Morgan fingerprint density at radius 1 is 1.13 bits per heavy atom. The van der Waals surface area contributed by atoms with E-state index >= 15 is 0 Å². The number of carbonyl (C=O) groups is 2. The third-order valence-corrected chi connectivity index (χ3v) is 10.8. The second-order valence-electron chi connectivity index (χ2n) is 11.2. The minimum atomic E-state index is -3.90. The van der Waals surface area contributed by atoms with Crippen molar-refractivity contribution in [2.75, 3.05) is 26.3 Å². The smallest absolute Gasteiger partial charge is 0.412 e. The number of rotatable bonds is 7. The summed E-state index contributed by atoms with van der Waals surface area (Å²) >= 11 is 6.04. The molecule has 3 amide bonds. The van der Waals surface area contributed by atoms with Crippen LogP contribution in [0.1, 0.15) is 51.9 Å². The molecule has 2 aliphatic carbocycles. The molecule has 0 spiro atoms. The van der Waals surface area contributed by atoms with Gasteiger partial charge in [0.05, 0.1) is 30.2 Å². The van der Waals surface area contributed by atoms with Gasteiger partial charge in [0.15, 0.2) is 0 Å². The summed E-state index contributed by atoms with van der Waals surface area (Å²) in [6.07, 6.45) is 4.77. The van der Waals surface area contributed by atoms with Crippen LogP contribution in [-0.4, -0.2) is 90.8 Å². The van der Waals surface area contributed by atoms with Gasteiger partial charge in [-0.15, -0.1) is 0 Å². The van der Waals surface area contributed by atoms with Crippen molar-refractivity contribution in [2.24, 2.45) is 5.92 Å². The lowest BCUT2D eigenvalue weighted by Crippen LogP contribution is -2.61. The van der Waals surface area contributed by atoms with Crippen molar-refractivity contribution in [3.8, 4) is 0 Å². The molecular weight excluding hydrogens is 532 g/mol. The molecule has 3 aliphatic heterocycles. The van der Waals surface area contributed by atoms with Crippen molar-refractivity contribution in [1.82, 2.24) is 19.4 Å². The Kier molecular flexibility index (Phi) is 6.77. The van der Waals surface area contributed by atoms with Crippen molar-refractivity contribution in [3.63, 3.8) is 0 Å². The molecule has 5 fully saturated rings. The molecule has 3 saturated heterocycles. The van der Waals surface area contributed by atoms with Crippen LogP contribution in [0.3, 0.4) is 0 Å². The summed E-state index contributed by atoms with van der Waals surface area (Å²) in [7, 11) is -3.90. The highest BCUT2D eigenvalue weighted by molar-refractivity contribution is 7.89.